The number of ether oxygens (including phenoxy) is 2. The Kier molecular flexibility index (Phi) is 5.57. The van der Waals surface area contributed by atoms with Crippen molar-refractivity contribution in [2.75, 3.05) is 18.5 Å². The summed E-state index contributed by atoms with van der Waals surface area (Å²) in [7, 11) is 0. The smallest absolute Gasteiger partial charge is 0.257 e. The molecule has 0 unspecified atom stereocenters. The number of hydrogen-bond acceptors (Lipinski definition) is 6. The molecule has 0 saturated heterocycles. The predicted molar refractivity (Wildman–Crippen MR) is 130 cm³/mol. The molecule has 166 valence electrons. The maximum Gasteiger partial charge on any atom is 0.257 e. The number of thiocarbonyl (C=S) groups is 1. The van der Waals surface area contributed by atoms with Gasteiger partial charge in [-0.05, 0) is 79.3 Å². The van der Waals surface area contributed by atoms with E-state index in [0.717, 1.165) is 22.5 Å². The minimum Gasteiger partial charge on any atom is -0.486 e. The lowest BCUT2D eigenvalue weighted by atomic mass is 10.1. The predicted octanol–water partition coefficient (Wildman–Crippen LogP) is 4.28. The fourth-order valence-electron chi connectivity index (χ4n) is 3.41. The summed E-state index contributed by atoms with van der Waals surface area (Å²) in [5, 5.41) is 15.6. The fraction of sp³-hybridized carbons (Fsp3) is 0.130. The number of anilines is 1. The monoisotopic (exact) mass is 479 g/mol. The lowest BCUT2D eigenvalue weighted by Gasteiger charge is -2.18. The topological polar surface area (TPSA) is 90.3 Å². The van der Waals surface area contributed by atoms with Crippen LogP contribution >= 0.6 is 23.8 Å². The molecule has 2 heterocycles. The average molecular weight is 480 g/mol. The van der Waals surface area contributed by atoms with E-state index in [4.69, 9.17) is 33.3 Å². The van der Waals surface area contributed by atoms with Gasteiger partial charge in [0.15, 0.2) is 16.6 Å². The summed E-state index contributed by atoms with van der Waals surface area (Å²) in [5.41, 5.74) is 4.25. The highest BCUT2D eigenvalue weighted by molar-refractivity contribution is 7.80. The lowest BCUT2D eigenvalue weighted by Crippen LogP contribution is -2.34. The molecule has 3 aromatic carbocycles. The molecule has 8 nitrogen and oxygen atoms in total. The molecule has 2 N–H and O–H groups in total. The van der Waals surface area contributed by atoms with Crippen LogP contribution in [0, 0.1) is 6.92 Å². The van der Waals surface area contributed by atoms with E-state index in [-0.39, 0.29) is 11.0 Å². The number of aryl methyl sites for hydroxylation is 1. The van der Waals surface area contributed by atoms with E-state index >= 15 is 0 Å². The number of benzene rings is 3. The molecule has 0 saturated carbocycles. The van der Waals surface area contributed by atoms with Gasteiger partial charge in [0.2, 0.25) is 0 Å². The Balaban J connectivity index is 1.32. The average Bonchev–Trinajstić information content (AvgIpc) is 3.22. The Morgan fingerprint density at radius 1 is 1.00 bits per heavy atom. The van der Waals surface area contributed by atoms with Crippen LogP contribution in [0.4, 0.5) is 5.69 Å². The third-order valence-electron chi connectivity index (χ3n) is 5.06. The van der Waals surface area contributed by atoms with Gasteiger partial charge in [-0.2, -0.15) is 4.80 Å². The molecule has 1 aliphatic rings. The van der Waals surface area contributed by atoms with Crippen molar-refractivity contribution in [2.24, 2.45) is 0 Å². The van der Waals surface area contributed by atoms with Gasteiger partial charge in [-0.1, -0.05) is 11.6 Å². The van der Waals surface area contributed by atoms with Crippen LogP contribution in [0.5, 0.6) is 11.5 Å². The van der Waals surface area contributed by atoms with Crippen molar-refractivity contribution >= 4 is 51.6 Å². The highest BCUT2D eigenvalue weighted by atomic mass is 35.5. The second-order valence-corrected chi connectivity index (χ2v) is 8.23. The summed E-state index contributed by atoms with van der Waals surface area (Å²) in [4.78, 5) is 14.2. The maximum absolute atomic E-state index is 12.6. The van der Waals surface area contributed by atoms with Crippen LogP contribution in [-0.2, 0) is 0 Å². The molecule has 0 fully saturated rings. The molecule has 10 heteroatoms. The standard InChI is InChI=1S/C23H18ClN5O3S/c1-13-10-18-19(28-29(27-18)16-5-3-15(24)4-6-16)12-17(13)25-23(33)26-22(30)14-2-7-20-21(11-14)32-9-8-31-20/h2-7,10-12H,8-9H2,1H3,(H2,25,26,30,33). The Hall–Kier alpha value is -3.69. The Bertz CT molecular complexity index is 1390. The Labute approximate surface area is 199 Å². The lowest BCUT2D eigenvalue weighted by molar-refractivity contribution is 0.0976. The zero-order valence-corrected chi connectivity index (χ0v) is 19.0. The first-order chi connectivity index (χ1) is 16.0. The van der Waals surface area contributed by atoms with Gasteiger partial charge < -0.3 is 14.8 Å². The van der Waals surface area contributed by atoms with Crippen molar-refractivity contribution in [2.45, 2.75) is 6.92 Å². The number of hydrogen-bond donors (Lipinski definition) is 2. The van der Waals surface area contributed by atoms with Crippen LogP contribution in [0.25, 0.3) is 16.7 Å². The van der Waals surface area contributed by atoms with Gasteiger partial charge in [0.1, 0.15) is 24.2 Å². The van der Waals surface area contributed by atoms with Crippen molar-refractivity contribution in [1.29, 1.82) is 0 Å². The van der Waals surface area contributed by atoms with Crippen LogP contribution in [0.3, 0.4) is 0 Å². The molecule has 0 aliphatic carbocycles. The van der Waals surface area contributed by atoms with E-state index in [0.29, 0.717) is 40.8 Å². The normalized spacial score (nSPS) is 12.4. The van der Waals surface area contributed by atoms with E-state index < -0.39 is 0 Å². The highest BCUT2D eigenvalue weighted by Crippen LogP contribution is 2.30. The van der Waals surface area contributed by atoms with Gasteiger partial charge in [-0.15, -0.1) is 10.2 Å². The van der Waals surface area contributed by atoms with Crippen molar-refractivity contribution < 1.29 is 14.3 Å². The quantitative estimate of drug-likeness (QED) is 0.424. The highest BCUT2D eigenvalue weighted by Gasteiger charge is 2.16. The Morgan fingerprint density at radius 2 is 1.70 bits per heavy atom. The van der Waals surface area contributed by atoms with Crippen molar-refractivity contribution in [3.05, 3.63) is 70.7 Å². The second kappa shape index (κ2) is 8.68. The molecule has 1 aromatic heterocycles. The summed E-state index contributed by atoms with van der Waals surface area (Å²) in [6.07, 6.45) is 0. The largest absolute Gasteiger partial charge is 0.486 e. The van der Waals surface area contributed by atoms with Crippen LogP contribution in [0.15, 0.2) is 54.6 Å². The maximum atomic E-state index is 12.6. The van der Waals surface area contributed by atoms with Gasteiger partial charge in [0.05, 0.1) is 5.69 Å². The van der Waals surface area contributed by atoms with Crippen molar-refractivity contribution in [1.82, 2.24) is 20.3 Å². The molecule has 1 aliphatic heterocycles. The molecular weight excluding hydrogens is 462 g/mol. The molecule has 0 spiro atoms. The second-order valence-electron chi connectivity index (χ2n) is 7.39. The molecule has 33 heavy (non-hydrogen) atoms. The van der Waals surface area contributed by atoms with E-state index in [1.165, 1.54) is 0 Å². The molecular formula is C23H18ClN5O3S. The zero-order valence-electron chi connectivity index (χ0n) is 17.5. The number of nitrogens with one attached hydrogen (secondary N) is 2. The number of carbonyl (C=O) groups is 1. The van der Waals surface area contributed by atoms with E-state index in [2.05, 4.69) is 20.8 Å². The molecule has 0 atom stereocenters. The minimum absolute atomic E-state index is 0.169. The number of fused-ring (bicyclic) bond motifs is 2. The van der Waals surface area contributed by atoms with Crippen LogP contribution in [0.1, 0.15) is 15.9 Å². The first-order valence-electron chi connectivity index (χ1n) is 10.1. The van der Waals surface area contributed by atoms with E-state index in [1.54, 1.807) is 35.1 Å². The Morgan fingerprint density at radius 3 is 2.45 bits per heavy atom. The summed E-state index contributed by atoms with van der Waals surface area (Å²) in [6, 6.07) is 16.0. The number of rotatable bonds is 3. The van der Waals surface area contributed by atoms with Crippen LogP contribution < -0.4 is 20.1 Å². The van der Waals surface area contributed by atoms with Gasteiger partial charge >= 0.3 is 0 Å². The first kappa shape index (κ1) is 21.2. The third-order valence-corrected chi connectivity index (χ3v) is 5.52. The van der Waals surface area contributed by atoms with Gasteiger partial charge in [0.25, 0.3) is 5.91 Å². The molecule has 0 radical (unpaired) electrons. The summed E-state index contributed by atoms with van der Waals surface area (Å²) < 4.78 is 11.0. The third kappa shape index (κ3) is 4.46. The molecule has 1 amide bonds. The summed E-state index contributed by atoms with van der Waals surface area (Å²) in [5.74, 6) is 0.809. The zero-order chi connectivity index (χ0) is 22.9. The molecule has 5 rings (SSSR count). The number of carbonyl (C=O) groups excluding carboxylic acids is 1. The van der Waals surface area contributed by atoms with Crippen LogP contribution in [-0.4, -0.2) is 39.2 Å². The molecule has 0 bridgehead atoms. The molecule has 4 aromatic rings. The number of aromatic nitrogens is 3. The van der Waals surface area contributed by atoms with Gasteiger partial charge in [-0.3, -0.25) is 10.1 Å². The van der Waals surface area contributed by atoms with Gasteiger partial charge in [0, 0.05) is 16.3 Å². The number of amides is 1. The van der Waals surface area contributed by atoms with E-state index in [1.807, 2.05) is 31.2 Å². The van der Waals surface area contributed by atoms with E-state index in [9.17, 15) is 4.79 Å². The SMILES string of the molecule is Cc1cc2nn(-c3ccc(Cl)cc3)nc2cc1NC(=S)NC(=O)c1ccc2c(c1)OCCO2. The van der Waals surface area contributed by atoms with Crippen molar-refractivity contribution in [3.8, 4) is 17.2 Å². The van der Waals surface area contributed by atoms with Crippen LogP contribution in [0.2, 0.25) is 5.02 Å². The minimum atomic E-state index is -0.350. The van der Waals surface area contributed by atoms with Crippen molar-refractivity contribution in [3.63, 3.8) is 0 Å². The fourth-order valence-corrected chi connectivity index (χ4v) is 3.73. The first-order valence-corrected chi connectivity index (χ1v) is 10.9. The summed E-state index contributed by atoms with van der Waals surface area (Å²) in [6.45, 7) is 2.86. The summed E-state index contributed by atoms with van der Waals surface area (Å²) >= 11 is 11.3. The number of halogens is 1. The van der Waals surface area contributed by atoms with Gasteiger partial charge in [-0.25, -0.2) is 0 Å². The number of nitrogens with zero attached hydrogens (tertiary/aromatic N) is 3.